The van der Waals surface area contributed by atoms with Crippen molar-refractivity contribution in [3.8, 4) is 0 Å². The first kappa shape index (κ1) is 11.6. The SMILES string of the molecule is O=[N+]([O-])c1ccc(Sc2nnc3ccccn23)cn1. The molecule has 19 heavy (non-hydrogen) atoms. The normalized spacial score (nSPS) is 10.7. The van der Waals surface area contributed by atoms with Crippen LogP contribution < -0.4 is 0 Å². The second-order valence-electron chi connectivity index (χ2n) is 3.62. The number of nitrogens with zero attached hydrogens (tertiary/aromatic N) is 5. The van der Waals surface area contributed by atoms with E-state index in [0.29, 0.717) is 5.16 Å². The van der Waals surface area contributed by atoms with Gasteiger partial charge in [-0.15, -0.1) is 10.2 Å². The van der Waals surface area contributed by atoms with Crippen LogP contribution in [0.3, 0.4) is 0 Å². The number of nitro groups is 1. The predicted octanol–water partition coefficient (Wildman–Crippen LogP) is 2.18. The standard InChI is InChI=1S/C11H7N5O2S/c17-16(18)9-5-4-8(7-12-9)19-11-14-13-10-3-1-2-6-15(10)11/h1-7H. The summed E-state index contributed by atoms with van der Waals surface area (Å²) in [5, 5.41) is 19.3. The summed E-state index contributed by atoms with van der Waals surface area (Å²) in [6, 6.07) is 8.62. The predicted molar refractivity (Wildman–Crippen MR) is 68.0 cm³/mol. The first-order valence-electron chi connectivity index (χ1n) is 5.32. The smallest absolute Gasteiger partial charge is 0.358 e. The molecule has 94 valence electrons. The molecule has 3 aromatic heterocycles. The van der Waals surface area contributed by atoms with Crippen LogP contribution in [0.15, 0.2) is 52.8 Å². The lowest BCUT2D eigenvalue weighted by Crippen LogP contribution is -1.91. The fourth-order valence-electron chi connectivity index (χ4n) is 1.54. The highest BCUT2D eigenvalue weighted by molar-refractivity contribution is 7.99. The minimum absolute atomic E-state index is 0.171. The molecule has 0 bridgehead atoms. The lowest BCUT2D eigenvalue weighted by atomic mass is 10.5. The molecule has 3 heterocycles. The lowest BCUT2D eigenvalue weighted by Gasteiger charge is -1.98. The van der Waals surface area contributed by atoms with Gasteiger partial charge in [-0.2, -0.15) is 0 Å². The van der Waals surface area contributed by atoms with Crippen molar-refractivity contribution in [2.45, 2.75) is 10.1 Å². The quantitative estimate of drug-likeness (QED) is 0.537. The first-order chi connectivity index (χ1) is 9.24. The van der Waals surface area contributed by atoms with E-state index in [0.717, 1.165) is 10.5 Å². The van der Waals surface area contributed by atoms with Crippen molar-refractivity contribution in [2.24, 2.45) is 0 Å². The van der Waals surface area contributed by atoms with E-state index >= 15 is 0 Å². The molecule has 0 fully saturated rings. The number of hydrogen-bond donors (Lipinski definition) is 0. The molecule has 0 amide bonds. The minimum Gasteiger partial charge on any atom is -0.358 e. The lowest BCUT2D eigenvalue weighted by molar-refractivity contribution is -0.389. The van der Waals surface area contributed by atoms with Crippen LogP contribution in [0.4, 0.5) is 5.82 Å². The maximum atomic E-state index is 10.5. The molecular formula is C11H7N5O2S. The van der Waals surface area contributed by atoms with Crippen LogP contribution in [-0.2, 0) is 0 Å². The maximum absolute atomic E-state index is 10.5. The summed E-state index contributed by atoms with van der Waals surface area (Å²) < 4.78 is 1.84. The molecule has 0 aliphatic rings. The van der Waals surface area contributed by atoms with Crippen molar-refractivity contribution in [1.29, 1.82) is 0 Å². The molecule has 0 radical (unpaired) electrons. The van der Waals surface area contributed by atoms with Gasteiger partial charge in [0.1, 0.15) is 0 Å². The van der Waals surface area contributed by atoms with E-state index in [-0.39, 0.29) is 5.82 Å². The summed E-state index contributed by atoms with van der Waals surface area (Å²) >= 11 is 1.35. The van der Waals surface area contributed by atoms with Gasteiger partial charge >= 0.3 is 5.82 Å². The van der Waals surface area contributed by atoms with Gasteiger partial charge in [-0.3, -0.25) is 4.40 Å². The first-order valence-corrected chi connectivity index (χ1v) is 6.14. The van der Waals surface area contributed by atoms with Gasteiger partial charge in [-0.1, -0.05) is 6.07 Å². The summed E-state index contributed by atoms with van der Waals surface area (Å²) in [4.78, 5) is 14.5. The average molecular weight is 273 g/mol. The Kier molecular flexibility index (Phi) is 2.84. The molecule has 0 atom stereocenters. The summed E-state index contributed by atoms with van der Waals surface area (Å²) in [6.45, 7) is 0. The average Bonchev–Trinajstić information content (AvgIpc) is 2.83. The van der Waals surface area contributed by atoms with Crippen molar-refractivity contribution in [1.82, 2.24) is 19.6 Å². The van der Waals surface area contributed by atoms with E-state index in [1.54, 1.807) is 6.07 Å². The third-order valence-electron chi connectivity index (χ3n) is 2.40. The van der Waals surface area contributed by atoms with Gasteiger partial charge in [0.05, 0.1) is 4.90 Å². The van der Waals surface area contributed by atoms with Crippen LogP contribution in [0.2, 0.25) is 0 Å². The van der Waals surface area contributed by atoms with Crippen LogP contribution in [0.25, 0.3) is 5.65 Å². The molecule has 7 nitrogen and oxygen atoms in total. The summed E-state index contributed by atoms with van der Waals surface area (Å²) in [5.74, 6) is -0.171. The van der Waals surface area contributed by atoms with Gasteiger partial charge in [0.25, 0.3) is 0 Å². The number of pyridine rings is 2. The fraction of sp³-hybridized carbons (Fsp3) is 0. The Hall–Kier alpha value is -2.48. The second kappa shape index (κ2) is 4.65. The molecule has 0 saturated heterocycles. The van der Waals surface area contributed by atoms with Crippen molar-refractivity contribution in [2.75, 3.05) is 0 Å². The van der Waals surface area contributed by atoms with Gasteiger partial charge in [0.2, 0.25) is 5.16 Å². The zero-order valence-electron chi connectivity index (χ0n) is 9.50. The highest BCUT2D eigenvalue weighted by Gasteiger charge is 2.10. The highest BCUT2D eigenvalue weighted by Crippen LogP contribution is 2.26. The van der Waals surface area contributed by atoms with Crippen molar-refractivity contribution >= 4 is 23.2 Å². The van der Waals surface area contributed by atoms with Crippen LogP contribution >= 0.6 is 11.8 Å². The minimum atomic E-state index is -0.527. The van der Waals surface area contributed by atoms with E-state index in [2.05, 4.69) is 15.2 Å². The largest absolute Gasteiger partial charge is 0.363 e. The van der Waals surface area contributed by atoms with Crippen LogP contribution in [0.1, 0.15) is 0 Å². The highest BCUT2D eigenvalue weighted by atomic mass is 32.2. The number of hydrogen-bond acceptors (Lipinski definition) is 6. The maximum Gasteiger partial charge on any atom is 0.363 e. The van der Waals surface area contributed by atoms with E-state index < -0.39 is 4.92 Å². The van der Waals surface area contributed by atoms with Gasteiger partial charge in [0.15, 0.2) is 11.8 Å². The molecule has 0 N–H and O–H groups in total. The van der Waals surface area contributed by atoms with Crippen molar-refractivity contribution < 1.29 is 4.92 Å². The van der Waals surface area contributed by atoms with E-state index in [1.165, 1.54) is 24.0 Å². The Morgan fingerprint density at radius 3 is 2.84 bits per heavy atom. The van der Waals surface area contributed by atoms with Crippen molar-refractivity contribution in [3.63, 3.8) is 0 Å². The van der Waals surface area contributed by atoms with Crippen LogP contribution in [-0.4, -0.2) is 24.5 Å². The molecule has 0 aliphatic carbocycles. The molecular weight excluding hydrogens is 266 g/mol. The van der Waals surface area contributed by atoms with Gasteiger partial charge in [-0.25, -0.2) is 0 Å². The summed E-state index contributed by atoms with van der Waals surface area (Å²) in [5.41, 5.74) is 0.750. The van der Waals surface area contributed by atoms with Crippen molar-refractivity contribution in [3.05, 3.63) is 52.8 Å². The molecule has 0 spiro atoms. The topological polar surface area (TPSA) is 86.2 Å². The molecule has 0 unspecified atom stereocenters. The monoisotopic (exact) mass is 273 g/mol. The second-order valence-corrected chi connectivity index (χ2v) is 4.66. The number of fused-ring (bicyclic) bond motifs is 1. The Labute approximate surface area is 111 Å². The molecule has 0 aliphatic heterocycles. The Bertz CT molecular complexity index is 740. The molecule has 3 aromatic rings. The molecule has 8 heteroatoms. The molecule has 0 saturated carbocycles. The van der Waals surface area contributed by atoms with Crippen LogP contribution in [0, 0.1) is 10.1 Å². The van der Waals surface area contributed by atoms with Gasteiger partial charge < -0.3 is 10.1 Å². The molecule has 3 rings (SSSR count). The third kappa shape index (κ3) is 2.25. The zero-order valence-corrected chi connectivity index (χ0v) is 10.3. The Morgan fingerprint density at radius 2 is 2.11 bits per heavy atom. The third-order valence-corrected chi connectivity index (χ3v) is 3.34. The van der Waals surface area contributed by atoms with E-state index in [9.17, 15) is 10.1 Å². The van der Waals surface area contributed by atoms with Gasteiger partial charge in [0, 0.05) is 12.3 Å². The molecule has 0 aromatic carbocycles. The Morgan fingerprint density at radius 1 is 1.21 bits per heavy atom. The van der Waals surface area contributed by atoms with E-state index in [1.807, 2.05) is 28.8 Å². The zero-order chi connectivity index (χ0) is 13.2. The number of aromatic nitrogens is 4. The van der Waals surface area contributed by atoms with Crippen LogP contribution in [0.5, 0.6) is 0 Å². The summed E-state index contributed by atoms with van der Waals surface area (Å²) in [6.07, 6.45) is 3.31. The van der Waals surface area contributed by atoms with Gasteiger partial charge in [-0.05, 0) is 39.9 Å². The fourth-order valence-corrected chi connectivity index (χ4v) is 2.32. The summed E-state index contributed by atoms with van der Waals surface area (Å²) in [7, 11) is 0. The Balaban J connectivity index is 1.90. The van der Waals surface area contributed by atoms with E-state index in [4.69, 9.17) is 0 Å². The number of rotatable bonds is 3.